The van der Waals surface area contributed by atoms with Crippen molar-refractivity contribution in [3.05, 3.63) is 46.5 Å². The van der Waals surface area contributed by atoms with Crippen LogP contribution in [0.25, 0.3) is 0 Å². The lowest BCUT2D eigenvalue weighted by Crippen LogP contribution is -2.05. The molecule has 0 unspecified atom stereocenters. The molecule has 0 aliphatic carbocycles. The van der Waals surface area contributed by atoms with Crippen molar-refractivity contribution < 1.29 is 34.3 Å². The molecule has 28 heavy (non-hydrogen) atoms. The predicted octanol–water partition coefficient (Wildman–Crippen LogP) is 4.21. The van der Waals surface area contributed by atoms with Crippen LogP contribution in [0.3, 0.4) is 0 Å². The molecule has 7 nitrogen and oxygen atoms in total. The maximum Gasteiger partial charge on any atom is 0.345 e. The van der Waals surface area contributed by atoms with Gasteiger partial charge in [0.25, 0.3) is 0 Å². The predicted molar refractivity (Wildman–Crippen MR) is 104 cm³/mol. The van der Waals surface area contributed by atoms with E-state index in [1.807, 2.05) is 19.9 Å². The molecule has 7 heteroatoms. The van der Waals surface area contributed by atoms with Gasteiger partial charge in [-0.3, -0.25) is 0 Å². The number of carbonyl (C=O) groups is 1. The van der Waals surface area contributed by atoms with Crippen molar-refractivity contribution in [1.82, 2.24) is 0 Å². The Morgan fingerprint density at radius 2 is 1.75 bits per heavy atom. The number of phenols is 3. The fourth-order valence-corrected chi connectivity index (χ4v) is 2.66. The molecule has 0 saturated heterocycles. The van der Waals surface area contributed by atoms with Gasteiger partial charge in [0.15, 0.2) is 11.5 Å². The minimum Gasteiger partial charge on any atom is -0.508 e. The molecular formula is C21H24O7. The standard InChI is InChI=1S/C21H24O7/c1-11(2)6-7-13-8-17(26-4)19(24)20(12(13)3)28-16-10-14(22)9-15(23)18(16)21(25)27-5/h6,8-10,22-24H,7H2,1-5H3. The van der Waals surface area contributed by atoms with Crippen molar-refractivity contribution >= 4 is 5.97 Å². The van der Waals surface area contributed by atoms with Gasteiger partial charge in [0.1, 0.15) is 22.8 Å². The number of hydrogen-bond donors (Lipinski definition) is 3. The average molecular weight is 388 g/mol. The first-order chi connectivity index (χ1) is 13.2. The summed E-state index contributed by atoms with van der Waals surface area (Å²) in [6.07, 6.45) is 2.60. The minimum atomic E-state index is -0.850. The van der Waals surface area contributed by atoms with Crippen molar-refractivity contribution in [3.8, 4) is 34.5 Å². The number of phenolic OH excluding ortho intramolecular Hbond substituents is 3. The number of hydrogen-bond acceptors (Lipinski definition) is 7. The van der Waals surface area contributed by atoms with Crippen LogP contribution in [-0.4, -0.2) is 35.5 Å². The van der Waals surface area contributed by atoms with Gasteiger partial charge >= 0.3 is 5.97 Å². The lowest BCUT2D eigenvalue weighted by atomic mass is 10.0. The third-order valence-electron chi connectivity index (χ3n) is 4.19. The van der Waals surface area contributed by atoms with Crippen molar-refractivity contribution in [1.29, 1.82) is 0 Å². The molecule has 0 aliphatic heterocycles. The zero-order valence-corrected chi connectivity index (χ0v) is 16.5. The summed E-state index contributed by atoms with van der Waals surface area (Å²) < 4.78 is 15.7. The lowest BCUT2D eigenvalue weighted by Gasteiger charge is -2.18. The van der Waals surface area contributed by atoms with E-state index in [9.17, 15) is 20.1 Å². The normalized spacial score (nSPS) is 10.3. The van der Waals surface area contributed by atoms with Crippen LogP contribution in [0.1, 0.15) is 35.3 Å². The van der Waals surface area contributed by atoms with Crippen LogP contribution in [0.4, 0.5) is 0 Å². The Bertz CT molecular complexity index is 925. The van der Waals surface area contributed by atoms with Crippen LogP contribution in [0, 0.1) is 6.92 Å². The smallest absolute Gasteiger partial charge is 0.345 e. The van der Waals surface area contributed by atoms with Gasteiger partial charge in [0, 0.05) is 12.1 Å². The molecular weight excluding hydrogens is 364 g/mol. The highest BCUT2D eigenvalue weighted by molar-refractivity contribution is 5.96. The maximum absolute atomic E-state index is 12.1. The molecule has 2 aromatic rings. The van der Waals surface area contributed by atoms with E-state index < -0.39 is 11.7 Å². The van der Waals surface area contributed by atoms with E-state index in [0.717, 1.165) is 30.4 Å². The second kappa shape index (κ2) is 8.56. The minimum absolute atomic E-state index is 0.0478. The highest BCUT2D eigenvalue weighted by Crippen LogP contribution is 2.45. The Balaban J connectivity index is 2.65. The summed E-state index contributed by atoms with van der Waals surface area (Å²) in [5, 5.41) is 30.4. The Morgan fingerprint density at radius 3 is 2.32 bits per heavy atom. The van der Waals surface area contributed by atoms with Gasteiger partial charge in [0.2, 0.25) is 5.75 Å². The average Bonchev–Trinajstić information content (AvgIpc) is 2.63. The number of aromatic hydroxyl groups is 3. The molecule has 0 bridgehead atoms. The van der Waals surface area contributed by atoms with Crippen LogP contribution < -0.4 is 9.47 Å². The molecule has 0 aliphatic rings. The summed E-state index contributed by atoms with van der Waals surface area (Å²) in [6.45, 7) is 5.70. The van der Waals surface area contributed by atoms with Gasteiger partial charge in [-0.05, 0) is 44.4 Å². The fourth-order valence-electron chi connectivity index (χ4n) is 2.66. The summed E-state index contributed by atoms with van der Waals surface area (Å²) >= 11 is 0. The molecule has 3 N–H and O–H groups in total. The van der Waals surface area contributed by atoms with E-state index >= 15 is 0 Å². The molecule has 0 radical (unpaired) electrons. The maximum atomic E-state index is 12.1. The van der Waals surface area contributed by atoms with Crippen LogP contribution in [0.5, 0.6) is 34.5 Å². The van der Waals surface area contributed by atoms with Gasteiger partial charge < -0.3 is 29.5 Å². The summed E-state index contributed by atoms with van der Waals surface area (Å²) in [7, 11) is 2.57. The summed E-state index contributed by atoms with van der Waals surface area (Å²) in [4.78, 5) is 12.1. The molecule has 0 heterocycles. The second-order valence-corrected chi connectivity index (χ2v) is 6.46. The first-order valence-electron chi connectivity index (χ1n) is 8.54. The molecule has 0 saturated carbocycles. The molecule has 0 amide bonds. The number of methoxy groups -OCH3 is 2. The van der Waals surface area contributed by atoms with Crippen molar-refractivity contribution in [3.63, 3.8) is 0 Å². The first-order valence-corrected chi connectivity index (χ1v) is 8.54. The molecule has 2 aromatic carbocycles. The van der Waals surface area contributed by atoms with E-state index in [1.54, 1.807) is 13.0 Å². The van der Waals surface area contributed by atoms with E-state index in [-0.39, 0.29) is 34.3 Å². The van der Waals surface area contributed by atoms with Crippen LogP contribution in [0.2, 0.25) is 0 Å². The Kier molecular flexibility index (Phi) is 6.41. The van der Waals surface area contributed by atoms with Gasteiger partial charge in [-0.2, -0.15) is 0 Å². The van der Waals surface area contributed by atoms with Gasteiger partial charge in [0.05, 0.1) is 14.2 Å². The third-order valence-corrected chi connectivity index (χ3v) is 4.19. The van der Waals surface area contributed by atoms with Crippen molar-refractivity contribution in [2.45, 2.75) is 27.2 Å². The number of esters is 1. The summed E-state index contributed by atoms with van der Waals surface area (Å²) in [6, 6.07) is 3.86. The van der Waals surface area contributed by atoms with Crippen molar-refractivity contribution in [2.75, 3.05) is 14.2 Å². The zero-order valence-electron chi connectivity index (χ0n) is 16.5. The Hall–Kier alpha value is -3.35. The molecule has 0 aromatic heterocycles. The molecule has 0 fully saturated rings. The Morgan fingerprint density at radius 1 is 1.07 bits per heavy atom. The van der Waals surface area contributed by atoms with Gasteiger partial charge in [-0.25, -0.2) is 4.79 Å². The summed E-state index contributed by atoms with van der Waals surface area (Å²) in [5.41, 5.74) is 2.32. The Labute approximate surface area is 163 Å². The highest BCUT2D eigenvalue weighted by atomic mass is 16.5. The third kappa shape index (κ3) is 4.31. The molecule has 0 atom stereocenters. The zero-order chi connectivity index (χ0) is 21.0. The topological polar surface area (TPSA) is 105 Å². The van der Waals surface area contributed by atoms with E-state index in [2.05, 4.69) is 4.74 Å². The highest BCUT2D eigenvalue weighted by Gasteiger charge is 2.24. The number of ether oxygens (including phenoxy) is 3. The number of rotatable bonds is 6. The monoisotopic (exact) mass is 388 g/mol. The summed E-state index contributed by atoms with van der Waals surface area (Å²) in [5.74, 6) is -1.86. The van der Waals surface area contributed by atoms with Gasteiger partial charge in [-0.1, -0.05) is 11.6 Å². The van der Waals surface area contributed by atoms with Crippen LogP contribution in [-0.2, 0) is 11.2 Å². The van der Waals surface area contributed by atoms with Crippen molar-refractivity contribution in [2.24, 2.45) is 0 Å². The number of carbonyl (C=O) groups excluding carboxylic acids is 1. The lowest BCUT2D eigenvalue weighted by molar-refractivity contribution is 0.0594. The number of allylic oxidation sites excluding steroid dienone is 2. The SMILES string of the molecule is COC(=O)c1c(O)cc(O)cc1Oc1c(C)c(CC=C(C)C)cc(OC)c1O. The molecule has 2 rings (SSSR count). The van der Waals surface area contributed by atoms with E-state index in [1.165, 1.54) is 7.11 Å². The van der Waals surface area contributed by atoms with Crippen LogP contribution >= 0.6 is 0 Å². The quantitative estimate of drug-likeness (QED) is 0.503. The fraction of sp³-hybridized carbons (Fsp3) is 0.286. The largest absolute Gasteiger partial charge is 0.508 e. The molecule has 150 valence electrons. The first kappa shape index (κ1) is 21.0. The van der Waals surface area contributed by atoms with Crippen LogP contribution in [0.15, 0.2) is 29.8 Å². The number of benzene rings is 2. The van der Waals surface area contributed by atoms with E-state index in [4.69, 9.17) is 9.47 Å². The molecule has 0 spiro atoms. The van der Waals surface area contributed by atoms with Gasteiger partial charge in [-0.15, -0.1) is 0 Å². The van der Waals surface area contributed by atoms with E-state index in [0.29, 0.717) is 12.0 Å². The second-order valence-electron chi connectivity index (χ2n) is 6.46.